The third-order valence-electron chi connectivity index (χ3n) is 3.04. The lowest BCUT2D eigenvalue weighted by atomic mass is 9.98. The van der Waals surface area contributed by atoms with Crippen LogP contribution in [-0.4, -0.2) is 30.9 Å². The number of benzene rings is 1. The Labute approximate surface area is 119 Å². The van der Waals surface area contributed by atoms with Crippen molar-refractivity contribution in [2.24, 2.45) is 5.73 Å². The number of carbonyl (C=O) groups excluding carboxylic acids is 1. The predicted octanol–water partition coefficient (Wildman–Crippen LogP) is 2.03. The molecule has 106 valence electrons. The van der Waals surface area contributed by atoms with Crippen LogP contribution >= 0.6 is 11.8 Å². The maximum atomic E-state index is 11.5. The number of amides is 1. The number of rotatable bonds is 8. The fourth-order valence-electron chi connectivity index (χ4n) is 1.73. The van der Waals surface area contributed by atoms with Crippen molar-refractivity contribution in [2.45, 2.75) is 30.7 Å². The Kier molecular flexibility index (Phi) is 6.18. The van der Waals surface area contributed by atoms with E-state index in [0.717, 1.165) is 22.9 Å². The highest BCUT2D eigenvalue weighted by atomic mass is 32.2. The Bertz CT molecular complexity index is 408. The van der Waals surface area contributed by atoms with E-state index in [4.69, 9.17) is 10.5 Å². The van der Waals surface area contributed by atoms with Gasteiger partial charge in [-0.2, -0.15) is 0 Å². The van der Waals surface area contributed by atoms with Gasteiger partial charge in [0.05, 0.1) is 12.6 Å². The van der Waals surface area contributed by atoms with Gasteiger partial charge in [0, 0.05) is 10.6 Å². The normalized spacial score (nSPS) is 13.8. The van der Waals surface area contributed by atoms with Crippen LogP contribution in [0, 0.1) is 0 Å². The minimum absolute atomic E-state index is 0.301. The summed E-state index contributed by atoms with van der Waals surface area (Å²) in [5, 5.41) is 3.16. The number of hydrogen-bond donors (Lipinski definition) is 2. The van der Waals surface area contributed by atoms with Gasteiger partial charge >= 0.3 is 0 Å². The van der Waals surface area contributed by atoms with E-state index >= 15 is 0 Å². The lowest BCUT2D eigenvalue weighted by Gasteiger charge is -2.26. The van der Waals surface area contributed by atoms with E-state index in [1.165, 1.54) is 0 Å². The second kappa shape index (κ2) is 7.40. The van der Waals surface area contributed by atoms with Crippen molar-refractivity contribution in [1.82, 2.24) is 5.32 Å². The summed E-state index contributed by atoms with van der Waals surface area (Å²) in [5.41, 5.74) is 4.82. The van der Waals surface area contributed by atoms with Crippen molar-refractivity contribution >= 4 is 17.7 Å². The van der Waals surface area contributed by atoms with E-state index in [1.54, 1.807) is 18.9 Å². The van der Waals surface area contributed by atoms with Gasteiger partial charge in [-0.25, -0.2) is 0 Å². The molecule has 1 unspecified atom stereocenters. The standard InChI is InChI=1S/C14H22N2O2S/c1-4-16-14(2,13(15)17)9-10-19-12-7-5-11(18-3)6-8-12/h5-8,16H,4,9-10H2,1-3H3,(H2,15,17). The van der Waals surface area contributed by atoms with Gasteiger partial charge in [0.2, 0.25) is 5.91 Å². The third kappa shape index (κ3) is 4.76. The van der Waals surface area contributed by atoms with E-state index in [0.29, 0.717) is 6.42 Å². The van der Waals surface area contributed by atoms with Crippen molar-refractivity contribution in [3.63, 3.8) is 0 Å². The Morgan fingerprint density at radius 2 is 2.05 bits per heavy atom. The first-order valence-corrected chi connectivity index (χ1v) is 7.32. The van der Waals surface area contributed by atoms with Crippen LogP contribution in [0.15, 0.2) is 29.2 Å². The quantitative estimate of drug-likeness (QED) is 0.716. The molecule has 19 heavy (non-hydrogen) atoms. The molecule has 5 heteroatoms. The Morgan fingerprint density at radius 3 is 2.53 bits per heavy atom. The largest absolute Gasteiger partial charge is 0.497 e. The lowest BCUT2D eigenvalue weighted by molar-refractivity contribution is -0.123. The molecule has 1 aromatic carbocycles. The number of primary amides is 1. The maximum Gasteiger partial charge on any atom is 0.237 e. The summed E-state index contributed by atoms with van der Waals surface area (Å²) in [6.45, 7) is 4.55. The van der Waals surface area contributed by atoms with Gasteiger partial charge in [-0.3, -0.25) is 4.79 Å². The highest BCUT2D eigenvalue weighted by Gasteiger charge is 2.29. The number of hydrogen-bond acceptors (Lipinski definition) is 4. The van der Waals surface area contributed by atoms with Crippen LogP contribution in [0.4, 0.5) is 0 Å². The topological polar surface area (TPSA) is 64.3 Å². The molecule has 0 fully saturated rings. The second-order valence-electron chi connectivity index (χ2n) is 4.50. The molecule has 0 aliphatic rings. The zero-order valence-corrected chi connectivity index (χ0v) is 12.5. The fourth-order valence-corrected chi connectivity index (χ4v) is 2.81. The highest BCUT2D eigenvalue weighted by Crippen LogP contribution is 2.24. The van der Waals surface area contributed by atoms with E-state index in [1.807, 2.05) is 38.1 Å². The van der Waals surface area contributed by atoms with E-state index in [2.05, 4.69) is 5.32 Å². The van der Waals surface area contributed by atoms with Gasteiger partial charge in [0.25, 0.3) is 0 Å². The van der Waals surface area contributed by atoms with Crippen molar-refractivity contribution in [1.29, 1.82) is 0 Å². The van der Waals surface area contributed by atoms with E-state index < -0.39 is 5.54 Å². The monoisotopic (exact) mass is 282 g/mol. The molecule has 0 saturated heterocycles. The molecule has 1 aromatic rings. The van der Waals surface area contributed by atoms with Crippen LogP contribution in [0.3, 0.4) is 0 Å². The highest BCUT2D eigenvalue weighted by molar-refractivity contribution is 7.99. The summed E-state index contributed by atoms with van der Waals surface area (Å²) >= 11 is 1.71. The first-order chi connectivity index (χ1) is 9.01. The molecule has 0 heterocycles. The Morgan fingerprint density at radius 1 is 1.42 bits per heavy atom. The molecule has 1 rings (SSSR count). The molecule has 1 amide bonds. The SMILES string of the molecule is CCNC(C)(CCSc1ccc(OC)cc1)C(N)=O. The Hall–Kier alpha value is -1.20. The van der Waals surface area contributed by atoms with Crippen molar-refractivity contribution < 1.29 is 9.53 Å². The van der Waals surface area contributed by atoms with Crippen LogP contribution in [0.25, 0.3) is 0 Å². The molecule has 0 aliphatic carbocycles. The Balaban J connectivity index is 2.49. The second-order valence-corrected chi connectivity index (χ2v) is 5.67. The van der Waals surface area contributed by atoms with Gasteiger partial charge < -0.3 is 15.8 Å². The van der Waals surface area contributed by atoms with Gasteiger partial charge in [-0.1, -0.05) is 6.92 Å². The van der Waals surface area contributed by atoms with E-state index in [-0.39, 0.29) is 5.91 Å². The number of nitrogens with two attached hydrogens (primary N) is 1. The lowest BCUT2D eigenvalue weighted by Crippen LogP contribution is -2.53. The van der Waals surface area contributed by atoms with Gasteiger partial charge in [-0.05, 0) is 44.2 Å². The van der Waals surface area contributed by atoms with Gasteiger partial charge in [0.15, 0.2) is 0 Å². The summed E-state index contributed by atoms with van der Waals surface area (Å²) < 4.78 is 5.11. The number of ether oxygens (including phenoxy) is 1. The third-order valence-corrected chi connectivity index (χ3v) is 4.05. The molecule has 1 atom stereocenters. The molecule has 0 bridgehead atoms. The number of likely N-dealkylation sites (N-methyl/N-ethyl adjacent to an activating group) is 1. The number of nitrogens with one attached hydrogen (secondary N) is 1. The molecule has 0 saturated carbocycles. The van der Waals surface area contributed by atoms with Crippen LogP contribution in [-0.2, 0) is 4.79 Å². The van der Waals surface area contributed by atoms with Crippen molar-refractivity contribution in [3.05, 3.63) is 24.3 Å². The average Bonchev–Trinajstić information content (AvgIpc) is 2.39. The zero-order chi connectivity index (χ0) is 14.3. The number of methoxy groups -OCH3 is 1. The summed E-state index contributed by atoms with van der Waals surface area (Å²) in [7, 11) is 1.65. The van der Waals surface area contributed by atoms with E-state index in [9.17, 15) is 4.79 Å². The number of carbonyl (C=O) groups is 1. The zero-order valence-electron chi connectivity index (χ0n) is 11.7. The molecular formula is C14H22N2O2S. The van der Waals surface area contributed by atoms with Crippen LogP contribution in [0.1, 0.15) is 20.3 Å². The summed E-state index contributed by atoms with van der Waals surface area (Å²) in [6, 6.07) is 7.89. The van der Waals surface area contributed by atoms with Crippen LogP contribution in [0.5, 0.6) is 5.75 Å². The maximum absolute atomic E-state index is 11.5. The van der Waals surface area contributed by atoms with Gasteiger partial charge in [0.1, 0.15) is 5.75 Å². The van der Waals surface area contributed by atoms with Crippen molar-refractivity contribution in [2.75, 3.05) is 19.4 Å². The molecule has 0 aromatic heterocycles. The molecule has 0 spiro atoms. The molecule has 0 radical (unpaired) electrons. The first kappa shape index (κ1) is 15.9. The first-order valence-electron chi connectivity index (χ1n) is 6.33. The summed E-state index contributed by atoms with van der Waals surface area (Å²) in [5.74, 6) is 1.38. The molecule has 0 aliphatic heterocycles. The minimum atomic E-state index is -0.631. The van der Waals surface area contributed by atoms with Gasteiger partial charge in [-0.15, -0.1) is 11.8 Å². The molecule has 3 N–H and O–H groups in total. The molecule has 4 nitrogen and oxygen atoms in total. The summed E-state index contributed by atoms with van der Waals surface area (Å²) in [6.07, 6.45) is 0.701. The minimum Gasteiger partial charge on any atom is -0.497 e. The average molecular weight is 282 g/mol. The van der Waals surface area contributed by atoms with Crippen molar-refractivity contribution in [3.8, 4) is 5.75 Å². The molecular weight excluding hydrogens is 260 g/mol. The van der Waals surface area contributed by atoms with Crippen LogP contribution < -0.4 is 15.8 Å². The smallest absolute Gasteiger partial charge is 0.237 e. The summed E-state index contributed by atoms with van der Waals surface area (Å²) in [4.78, 5) is 12.6. The fraction of sp³-hybridized carbons (Fsp3) is 0.500. The predicted molar refractivity (Wildman–Crippen MR) is 79.6 cm³/mol. The van der Waals surface area contributed by atoms with Crippen LogP contribution in [0.2, 0.25) is 0 Å². The number of thioether (sulfide) groups is 1.